The summed E-state index contributed by atoms with van der Waals surface area (Å²) in [5.41, 5.74) is 2.70. The number of hydrogen-bond acceptors (Lipinski definition) is 3. The Balaban J connectivity index is 1.73. The number of nitrogens with zero attached hydrogens (tertiary/aromatic N) is 1. The van der Waals surface area contributed by atoms with Crippen LogP contribution in [0.1, 0.15) is 42.6 Å². The van der Waals surface area contributed by atoms with Gasteiger partial charge in [0, 0.05) is 36.8 Å². The molecule has 3 rings (SSSR count). The van der Waals surface area contributed by atoms with Crippen molar-refractivity contribution in [2.75, 3.05) is 18.0 Å². The fourth-order valence-corrected chi connectivity index (χ4v) is 3.36. The Hall–Kier alpha value is -1.88. The number of anilines is 1. The third-order valence-corrected chi connectivity index (χ3v) is 4.70. The largest absolute Gasteiger partial charge is 0.348 e. The van der Waals surface area contributed by atoms with Gasteiger partial charge in [-0.15, -0.1) is 0 Å². The SMILES string of the molecule is CC(=O)N1CCc2cc(C(=O)NC3CCCNC3C)ccc21. The van der Waals surface area contributed by atoms with Gasteiger partial charge in [-0.3, -0.25) is 9.59 Å². The second-order valence-corrected chi connectivity index (χ2v) is 6.23. The highest BCUT2D eigenvalue weighted by molar-refractivity contribution is 5.98. The molecule has 0 radical (unpaired) electrons. The van der Waals surface area contributed by atoms with Crippen LogP contribution in [-0.2, 0) is 11.2 Å². The Kier molecular flexibility index (Phi) is 4.16. The van der Waals surface area contributed by atoms with Gasteiger partial charge in [-0.25, -0.2) is 0 Å². The normalized spacial score (nSPS) is 24.0. The van der Waals surface area contributed by atoms with Gasteiger partial charge >= 0.3 is 0 Å². The van der Waals surface area contributed by atoms with Gasteiger partial charge in [-0.1, -0.05) is 0 Å². The van der Waals surface area contributed by atoms with Crippen LogP contribution in [0.15, 0.2) is 18.2 Å². The first kappa shape index (κ1) is 15.0. The zero-order valence-corrected chi connectivity index (χ0v) is 13.2. The van der Waals surface area contributed by atoms with E-state index in [0.717, 1.165) is 37.1 Å². The number of nitrogens with one attached hydrogen (secondary N) is 2. The van der Waals surface area contributed by atoms with Gasteiger partial charge in [0.1, 0.15) is 0 Å². The van der Waals surface area contributed by atoms with Crippen LogP contribution < -0.4 is 15.5 Å². The summed E-state index contributed by atoms with van der Waals surface area (Å²) in [7, 11) is 0. The van der Waals surface area contributed by atoms with Crippen molar-refractivity contribution in [3.8, 4) is 0 Å². The van der Waals surface area contributed by atoms with Gasteiger partial charge in [-0.05, 0) is 56.5 Å². The smallest absolute Gasteiger partial charge is 0.251 e. The zero-order valence-electron chi connectivity index (χ0n) is 13.2. The van der Waals surface area contributed by atoms with Crippen molar-refractivity contribution in [1.82, 2.24) is 10.6 Å². The summed E-state index contributed by atoms with van der Waals surface area (Å²) in [5.74, 6) is 0.0303. The van der Waals surface area contributed by atoms with E-state index >= 15 is 0 Å². The first-order valence-corrected chi connectivity index (χ1v) is 8.01. The number of amides is 2. The van der Waals surface area contributed by atoms with E-state index in [1.807, 2.05) is 18.2 Å². The number of fused-ring (bicyclic) bond motifs is 1. The molecule has 2 unspecified atom stereocenters. The van der Waals surface area contributed by atoms with Crippen molar-refractivity contribution in [3.63, 3.8) is 0 Å². The standard InChI is InChI=1S/C17H23N3O2/c1-11-15(4-3-8-18-11)19-17(22)14-5-6-16-13(10-14)7-9-20(16)12(2)21/h5-6,10-11,15,18H,3-4,7-9H2,1-2H3,(H,19,22). The summed E-state index contributed by atoms with van der Waals surface area (Å²) in [5, 5.41) is 6.52. The van der Waals surface area contributed by atoms with Crippen molar-refractivity contribution in [2.45, 2.75) is 45.2 Å². The molecule has 0 bridgehead atoms. The summed E-state index contributed by atoms with van der Waals surface area (Å²) in [6, 6.07) is 6.12. The molecule has 2 amide bonds. The number of benzene rings is 1. The van der Waals surface area contributed by atoms with E-state index in [-0.39, 0.29) is 17.9 Å². The highest BCUT2D eigenvalue weighted by Gasteiger charge is 2.25. The fourth-order valence-electron chi connectivity index (χ4n) is 3.36. The van der Waals surface area contributed by atoms with Crippen LogP contribution in [0.2, 0.25) is 0 Å². The predicted octanol–water partition coefficient (Wildman–Crippen LogP) is 1.47. The molecule has 0 aromatic heterocycles. The van der Waals surface area contributed by atoms with Crippen LogP contribution in [0, 0.1) is 0 Å². The Morgan fingerprint density at radius 2 is 2.18 bits per heavy atom. The second-order valence-electron chi connectivity index (χ2n) is 6.23. The molecule has 2 aliphatic rings. The minimum Gasteiger partial charge on any atom is -0.348 e. The molecule has 0 spiro atoms. The molecule has 5 heteroatoms. The maximum Gasteiger partial charge on any atom is 0.251 e. The maximum absolute atomic E-state index is 12.5. The first-order chi connectivity index (χ1) is 10.6. The Bertz CT molecular complexity index is 600. The van der Waals surface area contributed by atoms with Gasteiger partial charge in [0.05, 0.1) is 0 Å². The number of rotatable bonds is 2. The molecule has 2 aliphatic heterocycles. The minimum atomic E-state index is -0.0235. The van der Waals surface area contributed by atoms with Gasteiger partial charge in [0.25, 0.3) is 5.91 Å². The molecule has 2 atom stereocenters. The van der Waals surface area contributed by atoms with E-state index < -0.39 is 0 Å². The summed E-state index contributed by atoms with van der Waals surface area (Å²) in [6.45, 7) is 5.41. The molecule has 0 aliphatic carbocycles. The van der Waals surface area contributed by atoms with Crippen LogP contribution in [-0.4, -0.2) is 37.0 Å². The molecular formula is C17H23N3O2. The highest BCUT2D eigenvalue weighted by atomic mass is 16.2. The van der Waals surface area contributed by atoms with Crippen molar-refractivity contribution < 1.29 is 9.59 Å². The minimum absolute atomic E-state index is 0.0235. The lowest BCUT2D eigenvalue weighted by molar-refractivity contribution is -0.116. The Morgan fingerprint density at radius 3 is 2.91 bits per heavy atom. The predicted molar refractivity (Wildman–Crippen MR) is 86.1 cm³/mol. The lowest BCUT2D eigenvalue weighted by Gasteiger charge is -2.30. The topological polar surface area (TPSA) is 61.4 Å². The van der Waals surface area contributed by atoms with E-state index in [9.17, 15) is 9.59 Å². The lowest BCUT2D eigenvalue weighted by atomic mass is 9.99. The van der Waals surface area contributed by atoms with Crippen molar-refractivity contribution in [3.05, 3.63) is 29.3 Å². The molecule has 2 N–H and O–H groups in total. The molecule has 2 heterocycles. The fraction of sp³-hybridized carbons (Fsp3) is 0.529. The van der Waals surface area contributed by atoms with Crippen molar-refractivity contribution in [1.29, 1.82) is 0 Å². The third kappa shape index (κ3) is 2.86. The van der Waals surface area contributed by atoms with E-state index in [1.54, 1.807) is 11.8 Å². The quantitative estimate of drug-likeness (QED) is 0.869. The molecule has 1 aromatic carbocycles. The maximum atomic E-state index is 12.5. The van der Waals surface area contributed by atoms with E-state index in [0.29, 0.717) is 18.2 Å². The Labute approximate surface area is 131 Å². The molecule has 1 saturated heterocycles. The molecule has 1 aromatic rings. The van der Waals surface area contributed by atoms with E-state index in [2.05, 4.69) is 17.6 Å². The van der Waals surface area contributed by atoms with Crippen LogP contribution in [0.4, 0.5) is 5.69 Å². The molecule has 5 nitrogen and oxygen atoms in total. The molecule has 22 heavy (non-hydrogen) atoms. The average Bonchev–Trinajstić information content (AvgIpc) is 2.92. The molecular weight excluding hydrogens is 278 g/mol. The van der Waals surface area contributed by atoms with Gasteiger partial charge in [0.15, 0.2) is 0 Å². The van der Waals surface area contributed by atoms with Gasteiger partial charge < -0.3 is 15.5 Å². The zero-order chi connectivity index (χ0) is 15.7. The highest BCUT2D eigenvalue weighted by Crippen LogP contribution is 2.29. The van der Waals surface area contributed by atoms with Gasteiger partial charge in [-0.2, -0.15) is 0 Å². The molecule has 1 fully saturated rings. The second kappa shape index (κ2) is 6.08. The Morgan fingerprint density at radius 1 is 1.36 bits per heavy atom. The summed E-state index contributed by atoms with van der Waals surface area (Å²) in [6.07, 6.45) is 2.92. The summed E-state index contributed by atoms with van der Waals surface area (Å²) < 4.78 is 0. The molecule has 0 saturated carbocycles. The van der Waals surface area contributed by atoms with Crippen LogP contribution >= 0.6 is 0 Å². The lowest BCUT2D eigenvalue weighted by Crippen LogP contribution is -2.51. The van der Waals surface area contributed by atoms with Crippen LogP contribution in [0.3, 0.4) is 0 Å². The van der Waals surface area contributed by atoms with E-state index in [4.69, 9.17) is 0 Å². The van der Waals surface area contributed by atoms with Crippen molar-refractivity contribution in [2.24, 2.45) is 0 Å². The number of carbonyl (C=O) groups is 2. The monoisotopic (exact) mass is 301 g/mol. The average molecular weight is 301 g/mol. The summed E-state index contributed by atoms with van der Waals surface area (Å²) >= 11 is 0. The van der Waals surface area contributed by atoms with Gasteiger partial charge in [0.2, 0.25) is 5.91 Å². The first-order valence-electron chi connectivity index (χ1n) is 8.01. The van der Waals surface area contributed by atoms with Crippen LogP contribution in [0.5, 0.6) is 0 Å². The number of hydrogen-bond donors (Lipinski definition) is 2. The van der Waals surface area contributed by atoms with Crippen LogP contribution in [0.25, 0.3) is 0 Å². The summed E-state index contributed by atoms with van der Waals surface area (Å²) in [4.78, 5) is 25.8. The number of piperidine rings is 1. The molecule has 118 valence electrons. The number of carbonyl (C=O) groups excluding carboxylic acids is 2. The van der Waals surface area contributed by atoms with Crippen molar-refractivity contribution >= 4 is 17.5 Å². The van der Waals surface area contributed by atoms with E-state index in [1.165, 1.54) is 0 Å². The third-order valence-electron chi connectivity index (χ3n) is 4.70.